The number of nitrogens with zero attached hydrogens (tertiary/aromatic N) is 1. The summed E-state index contributed by atoms with van der Waals surface area (Å²) in [5.74, 6) is -0.468. The minimum absolute atomic E-state index is 0.0578. The lowest BCUT2D eigenvalue weighted by atomic mass is 10.1. The molecule has 0 unspecified atom stereocenters. The van der Waals surface area contributed by atoms with Crippen LogP contribution in [0.4, 0.5) is 0 Å². The second-order valence-electron chi connectivity index (χ2n) is 4.08. The van der Waals surface area contributed by atoms with Crippen LogP contribution in [0.3, 0.4) is 0 Å². The summed E-state index contributed by atoms with van der Waals surface area (Å²) in [6, 6.07) is 3.01. The van der Waals surface area contributed by atoms with Gasteiger partial charge >= 0.3 is 0 Å². The Hall–Kier alpha value is -1.58. The molecule has 1 aromatic heterocycles. The van der Waals surface area contributed by atoms with Gasteiger partial charge in [0.2, 0.25) is 0 Å². The largest absolute Gasteiger partial charge is 0.505 e. The van der Waals surface area contributed by atoms with E-state index in [2.05, 4.69) is 10.3 Å². The Morgan fingerprint density at radius 1 is 1.50 bits per heavy atom. The maximum Gasteiger partial charge on any atom is 0.274 e. The molecule has 0 aliphatic heterocycles. The van der Waals surface area contributed by atoms with Crippen molar-refractivity contribution in [3.05, 3.63) is 24.0 Å². The van der Waals surface area contributed by atoms with Crippen LogP contribution in [0.25, 0.3) is 0 Å². The van der Waals surface area contributed by atoms with Gasteiger partial charge in [0.05, 0.1) is 0 Å². The van der Waals surface area contributed by atoms with Gasteiger partial charge in [-0.25, -0.2) is 4.98 Å². The number of hydrogen-bond acceptors (Lipinski definition) is 3. The number of nitrogens with one attached hydrogen (secondary N) is 1. The van der Waals surface area contributed by atoms with E-state index in [4.69, 9.17) is 0 Å². The first-order valence-electron chi connectivity index (χ1n) is 4.36. The van der Waals surface area contributed by atoms with E-state index in [0.717, 1.165) is 0 Å². The fourth-order valence-corrected chi connectivity index (χ4v) is 0.972. The summed E-state index contributed by atoms with van der Waals surface area (Å²) in [5, 5.41) is 12.1. The topological polar surface area (TPSA) is 62.2 Å². The molecule has 0 spiro atoms. The fourth-order valence-electron chi connectivity index (χ4n) is 0.972. The lowest BCUT2D eigenvalue weighted by molar-refractivity contribution is 0.0911. The van der Waals surface area contributed by atoms with Gasteiger partial charge in [-0.05, 0) is 32.9 Å². The third-order valence-corrected chi connectivity index (χ3v) is 1.49. The van der Waals surface area contributed by atoms with Gasteiger partial charge in [0.15, 0.2) is 5.69 Å². The molecule has 0 fully saturated rings. The van der Waals surface area contributed by atoms with Gasteiger partial charge in [0.1, 0.15) is 5.75 Å². The summed E-state index contributed by atoms with van der Waals surface area (Å²) in [6.07, 6.45) is 1.47. The Kier molecular flexibility index (Phi) is 2.74. The molecule has 1 amide bonds. The first kappa shape index (κ1) is 10.5. The Labute approximate surface area is 83.0 Å². The Bertz CT molecular complexity index is 342. The van der Waals surface area contributed by atoms with Crippen LogP contribution in [-0.4, -0.2) is 21.5 Å². The van der Waals surface area contributed by atoms with Crippen molar-refractivity contribution in [1.29, 1.82) is 0 Å². The number of pyridine rings is 1. The van der Waals surface area contributed by atoms with Crippen LogP contribution in [0.5, 0.6) is 5.75 Å². The third-order valence-electron chi connectivity index (χ3n) is 1.49. The van der Waals surface area contributed by atoms with Crippen LogP contribution in [0, 0.1) is 0 Å². The Morgan fingerprint density at radius 3 is 2.64 bits per heavy atom. The highest BCUT2D eigenvalue weighted by atomic mass is 16.3. The predicted octanol–water partition coefficient (Wildman–Crippen LogP) is 1.32. The predicted molar refractivity (Wildman–Crippen MR) is 53.1 cm³/mol. The van der Waals surface area contributed by atoms with Crippen molar-refractivity contribution in [2.45, 2.75) is 26.3 Å². The van der Waals surface area contributed by atoms with Crippen molar-refractivity contribution in [3.63, 3.8) is 0 Å². The highest BCUT2D eigenvalue weighted by molar-refractivity contribution is 5.95. The Balaban J connectivity index is 2.86. The van der Waals surface area contributed by atoms with E-state index in [1.807, 2.05) is 20.8 Å². The molecule has 0 aliphatic rings. The van der Waals surface area contributed by atoms with Crippen molar-refractivity contribution in [2.75, 3.05) is 0 Å². The maximum atomic E-state index is 11.5. The van der Waals surface area contributed by atoms with E-state index >= 15 is 0 Å². The number of carbonyl (C=O) groups excluding carboxylic acids is 1. The van der Waals surface area contributed by atoms with Crippen molar-refractivity contribution >= 4 is 5.91 Å². The van der Waals surface area contributed by atoms with Crippen molar-refractivity contribution in [1.82, 2.24) is 10.3 Å². The van der Waals surface area contributed by atoms with Gasteiger partial charge in [-0.1, -0.05) is 0 Å². The molecule has 0 saturated heterocycles. The molecule has 0 aromatic carbocycles. The van der Waals surface area contributed by atoms with E-state index in [-0.39, 0.29) is 22.9 Å². The SMILES string of the molecule is CC(C)(C)NC(=O)c1ncccc1O. The molecule has 14 heavy (non-hydrogen) atoms. The van der Waals surface area contributed by atoms with Crippen LogP contribution in [-0.2, 0) is 0 Å². The quantitative estimate of drug-likeness (QED) is 0.708. The van der Waals surface area contributed by atoms with E-state index in [0.29, 0.717) is 0 Å². The molecule has 0 radical (unpaired) electrons. The second kappa shape index (κ2) is 3.65. The molecule has 1 heterocycles. The number of aromatic nitrogens is 1. The monoisotopic (exact) mass is 194 g/mol. The van der Waals surface area contributed by atoms with E-state index < -0.39 is 0 Å². The molecule has 0 aliphatic carbocycles. The summed E-state index contributed by atoms with van der Waals surface area (Å²) < 4.78 is 0. The number of carbonyl (C=O) groups is 1. The molecule has 2 N–H and O–H groups in total. The van der Waals surface area contributed by atoms with Gasteiger partial charge in [-0.2, -0.15) is 0 Å². The first-order chi connectivity index (χ1) is 6.40. The molecular formula is C10H14N2O2. The highest BCUT2D eigenvalue weighted by Crippen LogP contribution is 2.13. The molecule has 0 saturated carbocycles. The van der Waals surface area contributed by atoms with Gasteiger partial charge in [-0.15, -0.1) is 0 Å². The maximum absolute atomic E-state index is 11.5. The van der Waals surface area contributed by atoms with Crippen LogP contribution in [0.15, 0.2) is 18.3 Å². The lowest BCUT2D eigenvalue weighted by Crippen LogP contribution is -2.40. The minimum Gasteiger partial charge on any atom is -0.505 e. The van der Waals surface area contributed by atoms with Crippen molar-refractivity contribution < 1.29 is 9.90 Å². The summed E-state index contributed by atoms with van der Waals surface area (Å²) in [4.78, 5) is 15.3. The molecule has 1 rings (SSSR count). The van der Waals surface area contributed by atoms with Gasteiger partial charge in [0.25, 0.3) is 5.91 Å². The Morgan fingerprint density at radius 2 is 2.14 bits per heavy atom. The van der Waals surface area contributed by atoms with E-state index in [9.17, 15) is 9.90 Å². The highest BCUT2D eigenvalue weighted by Gasteiger charge is 2.18. The number of amides is 1. The molecule has 4 heteroatoms. The third kappa shape index (κ3) is 2.73. The van der Waals surface area contributed by atoms with Crippen LogP contribution >= 0.6 is 0 Å². The summed E-state index contributed by atoms with van der Waals surface area (Å²) in [6.45, 7) is 5.60. The minimum atomic E-state index is -0.365. The zero-order valence-electron chi connectivity index (χ0n) is 8.53. The zero-order valence-corrected chi connectivity index (χ0v) is 8.53. The molecular weight excluding hydrogens is 180 g/mol. The zero-order chi connectivity index (χ0) is 10.8. The van der Waals surface area contributed by atoms with Crippen LogP contribution in [0.1, 0.15) is 31.3 Å². The average Bonchev–Trinajstić information content (AvgIpc) is 2.01. The molecule has 0 bridgehead atoms. The summed E-state index contributed by atoms with van der Waals surface area (Å²) in [5.41, 5.74) is -0.274. The fraction of sp³-hybridized carbons (Fsp3) is 0.400. The standard InChI is InChI=1S/C10H14N2O2/c1-10(2,3)12-9(14)8-7(13)5-4-6-11-8/h4-6,13H,1-3H3,(H,12,14). The van der Waals surface area contributed by atoms with Gasteiger partial charge in [0, 0.05) is 11.7 Å². The second-order valence-corrected chi connectivity index (χ2v) is 4.08. The average molecular weight is 194 g/mol. The van der Waals surface area contributed by atoms with E-state index in [1.54, 1.807) is 6.07 Å². The molecule has 4 nitrogen and oxygen atoms in total. The normalized spacial score (nSPS) is 11.1. The number of aromatic hydroxyl groups is 1. The summed E-state index contributed by atoms with van der Waals surface area (Å²) >= 11 is 0. The van der Waals surface area contributed by atoms with Crippen molar-refractivity contribution in [2.24, 2.45) is 0 Å². The number of rotatable bonds is 1. The molecule has 0 atom stereocenters. The molecule has 76 valence electrons. The smallest absolute Gasteiger partial charge is 0.274 e. The summed E-state index contributed by atoms with van der Waals surface area (Å²) in [7, 11) is 0. The van der Waals surface area contributed by atoms with Gasteiger partial charge < -0.3 is 10.4 Å². The van der Waals surface area contributed by atoms with E-state index in [1.165, 1.54) is 12.3 Å². The van der Waals surface area contributed by atoms with Crippen molar-refractivity contribution in [3.8, 4) is 5.75 Å². The molecule has 1 aromatic rings. The van der Waals surface area contributed by atoms with Crippen LogP contribution in [0.2, 0.25) is 0 Å². The van der Waals surface area contributed by atoms with Gasteiger partial charge in [-0.3, -0.25) is 4.79 Å². The first-order valence-corrected chi connectivity index (χ1v) is 4.36. The number of hydrogen-bond donors (Lipinski definition) is 2. The lowest BCUT2D eigenvalue weighted by Gasteiger charge is -2.20. The van der Waals surface area contributed by atoms with Crippen LogP contribution < -0.4 is 5.32 Å².